The number of hydrogen-bond acceptors (Lipinski definition) is 7. The zero-order chi connectivity index (χ0) is 21.6. The number of aliphatic hydroxyl groups excluding tert-OH is 1. The fourth-order valence-corrected chi connectivity index (χ4v) is 2.86. The highest BCUT2D eigenvalue weighted by Crippen LogP contribution is 2.18. The number of rotatable bonds is 9. The van der Waals surface area contributed by atoms with Gasteiger partial charge >= 0.3 is 11.9 Å². The van der Waals surface area contributed by atoms with Crippen LogP contribution in [0.3, 0.4) is 0 Å². The van der Waals surface area contributed by atoms with Gasteiger partial charge in [-0.15, -0.1) is 0 Å². The number of amides is 3. The van der Waals surface area contributed by atoms with Crippen LogP contribution in [0.5, 0.6) is 0 Å². The third kappa shape index (κ3) is 6.16. The fourth-order valence-electron chi connectivity index (χ4n) is 2.86. The number of nitrogens with two attached hydrogens (primary N) is 1. The van der Waals surface area contributed by atoms with Crippen molar-refractivity contribution in [2.45, 2.75) is 63.4 Å². The summed E-state index contributed by atoms with van der Waals surface area (Å²) in [5, 5.41) is 31.9. The van der Waals surface area contributed by atoms with Gasteiger partial charge in [0, 0.05) is 6.54 Å². The van der Waals surface area contributed by atoms with Gasteiger partial charge in [-0.2, -0.15) is 0 Å². The maximum absolute atomic E-state index is 12.6. The highest BCUT2D eigenvalue weighted by Gasteiger charge is 2.38. The van der Waals surface area contributed by atoms with Gasteiger partial charge in [-0.05, 0) is 26.7 Å². The maximum atomic E-state index is 12.6. The number of carbonyl (C=O) groups excluding carboxylic acids is 3. The van der Waals surface area contributed by atoms with Gasteiger partial charge < -0.3 is 36.6 Å². The fraction of sp³-hybridized carbons (Fsp3) is 0.688. The zero-order valence-corrected chi connectivity index (χ0v) is 15.6. The van der Waals surface area contributed by atoms with Crippen LogP contribution in [0.4, 0.5) is 0 Å². The minimum atomic E-state index is -1.73. The molecule has 0 bridgehead atoms. The molecule has 1 fully saturated rings. The minimum absolute atomic E-state index is 0.323. The summed E-state index contributed by atoms with van der Waals surface area (Å²) >= 11 is 0. The van der Waals surface area contributed by atoms with Crippen molar-refractivity contribution in [3.8, 4) is 0 Å². The molecule has 1 heterocycles. The molecule has 1 aliphatic rings. The molecule has 1 saturated heterocycles. The quantitative estimate of drug-likeness (QED) is 0.236. The van der Waals surface area contributed by atoms with Gasteiger partial charge in [-0.25, -0.2) is 4.79 Å². The van der Waals surface area contributed by atoms with Crippen LogP contribution in [0.1, 0.15) is 33.1 Å². The number of aliphatic hydroxyl groups is 1. The van der Waals surface area contributed by atoms with E-state index < -0.39 is 66.4 Å². The maximum Gasteiger partial charge on any atom is 0.326 e. The lowest BCUT2D eigenvalue weighted by atomic mass is 10.1. The first-order valence-corrected chi connectivity index (χ1v) is 8.75. The average molecular weight is 402 g/mol. The molecule has 1 rings (SSSR count). The van der Waals surface area contributed by atoms with E-state index in [4.69, 9.17) is 15.9 Å². The Morgan fingerprint density at radius 1 is 1.14 bits per heavy atom. The standard InChI is InChI=1S/C16H26N4O8/c1-7(17)15(26)20-5-3-4-10(20)13(24)19-12(8(2)21)14(25)18-9(16(27)28)6-11(22)23/h7-10,12,21H,3-6,17H2,1-2H3,(H,18,25)(H,19,24)(H,22,23)(H,27,28). The molecule has 0 aromatic rings. The Labute approximate surface area is 161 Å². The van der Waals surface area contributed by atoms with E-state index in [0.717, 1.165) is 0 Å². The van der Waals surface area contributed by atoms with Crippen molar-refractivity contribution in [2.75, 3.05) is 6.54 Å². The third-order valence-corrected chi connectivity index (χ3v) is 4.28. The number of hydrogen-bond donors (Lipinski definition) is 6. The molecule has 7 N–H and O–H groups in total. The van der Waals surface area contributed by atoms with Gasteiger partial charge in [0.05, 0.1) is 18.6 Å². The predicted octanol–water partition coefficient (Wildman–Crippen LogP) is -2.77. The minimum Gasteiger partial charge on any atom is -0.481 e. The van der Waals surface area contributed by atoms with E-state index in [9.17, 15) is 29.1 Å². The Kier molecular flexibility index (Phi) is 8.32. The monoisotopic (exact) mass is 402 g/mol. The first-order valence-electron chi connectivity index (χ1n) is 8.75. The molecule has 5 unspecified atom stereocenters. The summed E-state index contributed by atoms with van der Waals surface area (Å²) in [5.41, 5.74) is 5.57. The lowest BCUT2D eigenvalue weighted by Crippen LogP contribution is -2.59. The van der Waals surface area contributed by atoms with Crippen molar-refractivity contribution >= 4 is 29.7 Å². The highest BCUT2D eigenvalue weighted by atomic mass is 16.4. The molecule has 1 aliphatic heterocycles. The summed E-state index contributed by atoms with van der Waals surface area (Å²) in [5.74, 6) is -5.20. The van der Waals surface area contributed by atoms with E-state index in [1.165, 1.54) is 18.7 Å². The molecule has 0 spiro atoms. The lowest BCUT2D eigenvalue weighted by molar-refractivity contribution is -0.148. The Bertz CT molecular complexity index is 636. The number of carboxylic acid groups (broad SMARTS) is 2. The number of aliphatic carboxylic acids is 2. The summed E-state index contributed by atoms with van der Waals surface area (Å²) in [4.78, 5) is 60.1. The van der Waals surface area contributed by atoms with E-state index in [0.29, 0.717) is 19.4 Å². The second-order valence-electron chi connectivity index (χ2n) is 6.70. The van der Waals surface area contributed by atoms with Crippen LogP contribution in [0.15, 0.2) is 0 Å². The molecule has 0 aliphatic carbocycles. The van der Waals surface area contributed by atoms with Crippen LogP contribution in [-0.4, -0.2) is 86.7 Å². The van der Waals surface area contributed by atoms with E-state index in [2.05, 4.69) is 5.32 Å². The van der Waals surface area contributed by atoms with Gasteiger partial charge in [0.2, 0.25) is 17.7 Å². The molecule has 158 valence electrons. The Morgan fingerprint density at radius 2 is 1.75 bits per heavy atom. The molecular formula is C16H26N4O8. The van der Waals surface area contributed by atoms with E-state index >= 15 is 0 Å². The number of nitrogens with zero attached hydrogens (tertiary/aromatic N) is 1. The number of nitrogens with one attached hydrogen (secondary N) is 2. The summed E-state index contributed by atoms with van der Waals surface area (Å²) in [7, 11) is 0. The number of likely N-dealkylation sites (tertiary alicyclic amines) is 1. The first kappa shape index (κ1) is 23.3. The second kappa shape index (κ2) is 9.99. The van der Waals surface area contributed by atoms with Crippen LogP contribution in [-0.2, 0) is 24.0 Å². The van der Waals surface area contributed by atoms with E-state index in [-0.39, 0.29) is 0 Å². The molecule has 12 nitrogen and oxygen atoms in total. The first-order chi connectivity index (χ1) is 13.0. The molecule has 12 heteroatoms. The van der Waals surface area contributed by atoms with Crippen LogP contribution in [0.25, 0.3) is 0 Å². The third-order valence-electron chi connectivity index (χ3n) is 4.28. The van der Waals surface area contributed by atoms with Crippen LogP contribution >= 0.6 is 0 Å². The molecule has 0 radical (unpaired) electrons. The molecule has 3 amide bonds. The SMILES string of the molecule is CC(N)C(=O)N1CCCC1C(=O)NC(C(=O)NC(CC(=O)O)C(=O)O)C(C)O. The van der Waals surface area contributed by atoms with Crippen molar-refractivity contribution in [2.24, 2.45) is 5.73 Å². The van der Waals surface area contributed by atoms with Crippen molar-refractivity contribution in [1.82, 2.24) is 15.5 Å². The summed E-state index contributed by atoms with van der Waals surface area (Å²) in [6.45, 7) is 3.01. The van der Waals surface area contributed by atoms with Crippen molar-refractivity contribution in [1.29, 1.82) is 0 Å². The van der Waals surface area contributed by atoms with E-state index in [1.54, 1.807) is 0 Å². The van der Waals surface area contributed by atoms with Gasteiger partial charge in [0.1, 0.15) is 18.1 Å². The van der Waals surface area contributed by atoms with Crippen molar-refractivity contribution in [3.05, 3.63) is 0 Å². The summed E-state index contributed by atoms with van der Waals surface area (Å²) < 4.78 is 0. The predicted molar refractivity (Wildman–Crippen MR) is 93.8 cm³/mol. The number of carboxylic acids is 2. The average Bonchev–Trinajstić information content (AvgIpc) is 3.06. The van der Waals surface area contributed by atoms with E-state index in [1.807, 2.05) is 5.32 Å². The molecule has 0 aromatic heterocycles. The lowest BCUT2D eigenvalue weighted by Gasteiger charge is -2.28. The summed E-state index contributed by atoms with van der Waals surface area (Å²) in [6.07, 6.45) is -1.38. The number of carbonyl (C=O) groups is 5. The van der Waals surface area contributed by atoms with Gasteiger partial charge in [0.25, 0.3) is 0 Å². The molecule has 5 atom stereocenters. The van der Waals surface area contributed by atoms with Crippen molar-refractivity contribution in [3.63, 3.8) is 0 Å². The molecule has 28 heavy (non-hydrogen) atoms. The van der Waals surface area contributed by atoms with Gasteiger partial charge in [-0.1, -0.05) is 0 Å². The molecular weight excluding hydrogens is 376 g/mol. The normalized spacial score (nSPS) is 20.6. The smallest absolute Gasteiger partial charge is 0.326 e. The Morgan fingerprint density at radius 3 is 2.21 bits per heavy atom. The molecule has 0 aromatic carbocycles. The summed E-state index contributed by atoms with van der Waals surface area (Å²) in [6, 6.07) is -4.94. The van der Waals surface area contributed by atoms with Gasteiger partial charge in [0.15, 0.2) is 0 Å². The Hall–Kier alpha value is -2.73. The van der Waals surface area contributed by atoms with Crippen LogP contribution in [0, 0.1) is 0 Å². The molecule has 0 saturated carbocycles. The second-order valence-corrected chi connectivity index (χ2v) is 6.70. The van der Waals surface area contributed by atoms with Gasteiger partial charge in [-0.3, -0.25) is 19.2 Å². The zero-order valence-electron chi connectivity index (χ0n) is 15.6. The van der Waals surface area contributed by atoms with Crippen LogP contribution in [0.2, 0.25) is 0 Å². The Balaban J connectivity index is 2.87. The van der Waals surface area contributed by atoms with Crippen LogP contribution < -0.4 is 16.4 Å². The largest absolute Gasteiger partial charge is 0.481 e. The highest BCUT2D eigenvalue weighted by molar-refractivity contribution is 5.95. The topological polar surface area (TPSA) is 199 Å². The van der Waals surface area contributed by atoms with Crippen molar-refractivity contribution < 1.29 is 39.3 Å².